The summed E-state index contributed by atoms with van der Waals surface area (Å²) in [5.74, 6) is -0.00294. The number of nitrogens with zero attached hydrogens (tertiary/aromatic N) is 5. The fourth-order valence-corrected chi connectivity index (χ4v) is 7.05. The van der Waals surface area contributed by atoms with Crippen molar-refractivity contribution in [3.63, 3.8) is 0 Å². The Bertz CT molecular complexity index is 1730. The first-order valence-electron chi connectivity index (χ1n) is 12.0. The van der Waals surface area contributed by atoms with Gasteiger partial charge in [0.15, 0.2) is 36.3 Å². The van der Waals surface area contributed by atoms with Crippen LogP contribution in [0.2, 0.25) is 0 Å². The molecule has 6 rings (SSSR count). The predicted octanol–water partition coefficient (Wildman–Crippen LogP) is -0.436. The first-order valence-corrected chi connectivity index (χ1v) is 16.1. The summed E-state index contributed by atoms with van der Waals surface area (Å²) in [4.78, 5) is 59.0. The van der Waals surface area contributed by atoms with Crippen molar-refractivity contribution in [1.29, 1.82) is 0 Å². The quantitative estimate of drug-likeness (QED) is 0.256. The van der Waals surface area contributed by atoms with E-state index in [-0.39, 0.29) is 17.0 Å². The average molecular weight is 655 g/mol. The van der Waals surface area contributed by atoms with Crippen LogP contribution < -0.4 is 17.0 Å². The standard InChI is InChI=1S/C19H21F2N7O11P2S/c20-10-8-4-35-41(33,42)39-14-11(21)7(36-17(14)27-2-1-9(29)26-19(27)30)3-34-40(31,32)38-13(10)18(37-8)28-6-25-12-15(22)23-5-24-16(12)28/h1-2,5-8,10-11,13-14,17-18H,3-4H2,(H,31,32)(H,33,42)(H2,22,23,24)(H,26,29,30)/t7-,8-,10-,11-,13-,14-,17-,18-,41?/m1/s1. The van der Waals surface area contributed by atoms with Crippen LogP contribution in [0, 0.1) is 0 Å². The van der Waals surface area contributed by atoms with E-state index in [1.807, 2.05) is 4.98 Å². The minimum Gasteiger partial charge on any atom is -0.382 e. The van der Waals surface area contributed by atoms with Gasteiger partial charge in [-0.2, -0.15) is 0 Å². The number of nitrogens with two attached hydrogens (primary N) is 1. The Hall–Kier alpha value is -2.55. The molecule has 5 N–H and O–H groups in total. The molecule has 3 aromatic heterocycles. The van der Waals surface area contributed by atoms with Crippen molar-refractivity contribution in [3.8, 4) is 0 Å². The summed E-state index contributed by atoms with van der Waals surface area (Å²) >= 11 is 5.02. The highest BCUT2D eigenvalue weighted by molar-refractivity contribution is 8.07. The Kier molecular flexibility index (Phi) is 7.64. The largest absolute Gasteiger partial charge is 0.472 e. The molecule has 6 heterocycles. The van der Waals surface area contributed by atoms with Crippen molar-refractivity contribution in [2.75, 3.05) is 18.9 Å². The highest BCUT2D eigenvalue weighted by Gasteiger charge is 2.54. The molecule has 4 bridgehead atoms. The second kappa shape index (κ2) is 10.9. The summed E-state index contributed by atoms with van der Waals surface area (Å²) in [6, 6.07) is 0.943. The molecule has 0 amide bonds. The molecule has 3 aliphatic rings. The molecule has 3 fully saturated rings. The van der Waals surface area contributed by atoms with E-state index in [9.17, 15) is 23.9 Å². The van der Waals surface area contributed by atoms with Gasteiger partial charge in [0, 0.05) is 12.3 Å². The Balaban J connectivity index is 1.34. The van der Waals surface area contributed by atoms with Crippen LogP contribution in [0.3, 0.4) is 0 Å². The number of hydrogen-bond acceptors (Lipinski definition) is 14. The van der Waals surface area contributed by atoms with E-state index in [0.29, 0.717) is 0 Å². The van der Waals surface area contributed by atoms with E-state index in [1.54, 1.807) is 0 Å². The Morgan fingerprint density at radius 1 is 1.00 bits per heavy atom. The molecule has 0 aromatic carbocycles. The molecule has 3 aliphatic heterocycles. The Labute approximate surface area is 237 Å². The van der Waals surface area contributed by atoms with Crippen LogP contribution in [0.4, 0.5) is 14.6 Å². The van der Waals surface area contributed by atoms with Gasteiger partial charge in [0.25, 0.3) is 5.56 Å². The Morgan fingerprint density at radius 3 is 2.33 bits per heavy atom. The van der Waals surface area contributed by atoms with E-state index in [4.69, 9.17) is 45.1 Å². The maximum Gasteiger partial charge on any atom is 0.472 e. The molecule has 2 unspecified atom stereocenters. The van der Waals surface area contributed by atoms with Crippen molar-refractivity contribution in [2.45, 2.75) is 49.2 Å². The number of anilines is 1. The zero-order chi connectivity index (χ0) is 30.0. The van der Waals surface area contributed by atoms with Gasteiger partial charge in [-0.15, -0.1) is 0 Å². The molecule has 18 nitrogen and oxygen atoms in total. The summed E-state index contributed by atoms with van der Waals surface area (Å²) in [5, 5.41) is 0. The molecule has 0 radical (unpaired) electrons. The fraction of sp³-hybridized carbons (Fsp3) is 0.526. The summed E-state index contributed by atoms with van der Waals surface area (Å²) in [5.41, 5.74) is 4.23. The third-order valence-corrected chi connectivity index (χ3v) is 9.17. The van der Waals surface area contributed by atoms with Crippen LogP contribution in [0.25, 0.3) is 11.2 Å². The van der Waals surface area contributed by atoms with Crippen molar-refractivity contribution >= 4 is 43.3 Å². The number of aromatic amines is 1. The molecule has 10 atom stereocenters. The highest BCUT2D eigenvalue weighted by Crippen LogP contribution is 2.54. The minimum atomic E-state index is -5.17. The lowest BCUT2D eigenvalue weighted by molar-refractivity contribution is -0.0662. The number of nitrogens with one attached hydrogen (secondary N) is 1. The third kappa shape index (κ3) is 5.46. The van der Waals surface area contributed by atoms with Crippen LogP contribution in [-0.2, 0) is 43.9 Å². The van der Waals surface area contributed by atoms with Crippen LogP contribution in [0.5, 0.6) is 0 Å². The second-order valence-electron chi connectivity index (χ2n) is 9.29. The molecule has 3 saturated heterocycles. The van der Waals surface area contributed by atoms with E-state index in [1.165, 1.54) is 10.9 Å². The molecular weight excluding hydrogens is 634 g/mol. The monoisotopic (exact) mass is 655 g/mol. The molecule has 0 saturated carbocycles. The Morgan fingerprint density at radius 2 is 1.64 bits per heavy atom. The zero-order valence-electron chi connectivity index (χ0n) is 20.8. The first kappa shape index (κ1) is 29.5. The summed E-state index contributed by atoms with van der Waals surface area (Å²) in [6.07, 6.45) is -11.2. The number of halogens is 2. The number of phosphoric acid groups is 1. The van der Waals surface area contributed by atoms with Gasteiger partial charge in [-0.3, -0.25) is 32.5 Å². The maximum absolute atomic E-state index is 15.7. The molecule has 228 valence electrons. The first-order chi connectivity index (χ1) is 19.8. The predicted molar refractivity (Wildman–Crippen MR) is 137 cm³/mol. The van der Waals surface area contributed by atoms with Crippen molar-refractivity contribution in [2.24, 2.45) is 0 Å². The lowest BCUT2D eigenvalue weighted by Crippen LogP contribution is -2.38. The number of nitrogen functional groups attached to an aromatic ring is 1. The van der Waals surface area contributed by atoms with Gasteiger partial charge in [-0.25, -0.2) is 33.1 Å². The number of H-pyrrole nitrogens is 1. The van der Waals surface area contributed by atoms with Gasteiger partial charge in [0.1, 0.15) is 36.3 Å². The summed E-state index contributed by atoms with van der Waals surface area (Å²) < 4.78 is 78.2. The number of rotatable bonds is 2. The molecule has 0 aliphatic carbocycles. The van der Waals surface area contributed by atoms with Gasteiger partial charge in [-0.05, 0) is 11.8 Å². The molecule has 3 aromatic rings. The van der Waals surface area contributed by atoms with Gasteiger partial charge >= 0.3 is 20.2 Å². The molecule has 23 heteroatoms. The minimum absolute atomic E-state index is 0.00294. The molecule has 42 heavy (non-hydrogen) atoms. The molecular formula is C19H21F2N7O11P2S. The van der Waals surface area contributed by atoms with E-state index >= 15 is 8.78 Å². The number of fused-ring (bicyclic) bond motifs is 5. The van der Waals surface area contributed by atoms with Crippen LogP contribution in [-0.4, -0.2) is 88.8 Å². The normalized spacial score (nSPS) is 39.3. The SMILES string of the molecule is Nc1ncnc2c1ncn2[C@@H]1O[C@@H]2COP(O)(=S)O[C@@H]3[C@H](F)[C@@H](COP(=O)(O)O[C@@H]1[C@@H]2F)O[C@H]3n1ccc(=O)[nH]c1=O. The van der Waals surface area contributed by atoms with Gasteiger partial charge in [0.05, 0.1) is 19.5 Å². The van der Waals surface area contributed by atoms with E-state index in [2.05, 4.69) is 15.0 Å². The average Bonchev–Trinajstić information content (AvgIpc) is 3.57. The smallest absolute Gasteiger partial charge is 0.382 e. The third-order valence-electron chi connectivity index (χ3n) is 6.63. The van der Waals surface area contributed by atoms with Gasteiger partial charge < -0.3 is 29.5 Å². The number of phosphoric ester groups is 1. The van der Waals surface area contributed by atoms with Crippen molar-refractivity contribution < 1.29 is 50.7 Å². The van der Waals surface area contributed by atoms with Crippen molar-refractivity contribution in [1.82, 2.24) is 29.1 Å². The number of aromatic nitrogens is 6. The maximum atomic E-state index is 15.7. The summed E-state index contributed by atoms with van der Waals surface area (Å²) in [6.45, 7) is -6.15. The van der Waals surface area contributed by atoms with Crippen LogP contribution in [0.1, 0.15) is 12.5 Å². The van der Waals surface area contributed by atoms with Gasteiger partial charge in [0.2, 0.25) is 0 Å². The topological polar surface area (TPSA) is 237 Å². The number of hydrogen-bond donors (Lipinski definition) is 4. The van der Waals surface area contributed by atoms with Crippen LogP contribution >= 0.6 is 14.5 Å². The van der Waals surface area contributed by atoms with E-state index in [0.717, 1.165) is 23.2 Å². The van der Waals surface area contributed by atoms with Crippen molar-refractivity contribution in [3.05, 3.63) is 45.8 Å². The summed E-state index contributed by atoms with van der Waals surface area (Å²) in [7, 11) is -5.17. The second-order valence-corrected chi connectivity index (χ2v) is 13.5. The highest BCUT2D eigenvalue weighted by atomic mass is 32.5. The lowest BCUT2D eigenvalue weighted by atomic mass is 10.1. The number of alkyl halides is 2. The zero-order valence-corrected chi connectivity index (χ0v) is 23.4. The fourth-order valence-electron chi connectivity index (χ4n) is 4.72. The lowest BCUT2D eigenvalue weighted by Gasteiger charge is -2.26. The van der Waals surface area contributed by atoms with E-state index < -0.39 is 88.2 Å². The van der Waals surface area contributed by atoms with Gasteiger partial charge in [-0.1, -0.05) is 0 Å². The number of ether oxygens (including phenoxy) is 2. The molecule has 0 spiro atoms. The number of imidazole rings is 1. The van der Waals surface area contributed by atoms with Crippen LogP contribution in [0.15, 0.2) is 34.5 Å².